The van der Waals surface area contributed by atoms with E-state index in [1.807, 2.05) is 0 Å². The van der Waals surface area contributed by atoms with Crippen molar-refractivity contribution in [1.29, 1.82) is 0 Å². The van der Waals surface area contributed by atoms with E-state index in [1.54, 1.807) is 6.92 Å². The molecule has 0 heterocycles. The van der Waals surface area contributed by atoms with Crippen LogP contribution in [0.1, 0.15) is 79.1 Å². The van der Waals surface area contributed by atoms with Crippen molar-refractivity contribution >= 4 is 11.8 Å². The Balaban J connectivity index is 1.61. The maximum atomic E-state index is 12.3. The molecule has 4 aliphatic rings. The second-order valence-corrected chi connectivity index (χ2v) is 10.1. The van der Waals surface area contributed by atoms with E-state index < -0.39 is 5.60 Å². The first-order chi connectivity index (χ1) is 12.6. The Hall–Kier alpha value is -1.16. The molecule has 0 saturated heterocycles. The molecular weight excluding hydrogens is 340 g/mol. The number of hydrogen-bond donors (Lipinski definition) is 1. The van der Waals surface area contributed by atoms with Gasteiger partial charge in [-0.1, -0.05) is 25.5 Å². The van der Waals surface area contributed by atoms with Crippen LogP contribution in [-0.4, -0.2) is 28.6 Å². The molecule has 0 unspecified atom stereocenters. The summed E-state index contributed by atoms with van der Waals surface area (Å²) in [5, 5.41) is 11.2. The van der Waals surface area contributed by atoms with Crippen molar-refractivity contribution in [3.8, 4) is 0 Å². The standard InChI is InChI=1S/C23H34O4/c1-14(24)23(26)12-9-20-18-6-5-16-13-17(27-15(2)25)7-10-21(16,3)19(18)8-11-22(20,23)4/h5,17-20,26H,6-13H2,1-4H3/t17-,18+,19+,20+,21-,22-,23-/m0/s1. The summed E-state index contributed by atoms with van der Waals surface area (Å²) in [6, 6.07) is 0. The summed E-state index contributed by atoms with van der Waals surface area (Å²) < 4.78 is 5.51. The minimum atomic E-state index is -1.14. The molecule has 3 fully saturated rings. The summed E-state index contributed by atoms with van der Waals surface area (Å²) >= 11 is 0. The van der Waals surface area contributed by atoms with E-state index in [1.165, 1.54) is 12.5 Å². The van der Waals surface area contributed by atoms with Gasteiger partial charge in [-0.15, -0.1) is 0 Å². The van der Waals surface area contributed by atoms with Crippen LogP contribution in [-0.2, 0) is 14.3 Å². The highest BCUT2D eigenvalue weighted by molar-refractivity contribution is 5.86. The summed E-state index contributed by atoms with van der Waals surface area (Å²) in [4.78, 5) is 23.7. The molecule has 4 aliphatic carbocycles. The Morgan fingerprint density at radius 1 is 1.07 bits per heavy atom. The fourth-order valence-electron chi connectivity index (χ4n) is 7.56. The van der Waals surface area contributed by atoms with Crippen LogP contribution in [0.25, 0.3) is 0 Å². The molecular formula is C23H34O4. The van der Waals surface area contributed by atoms with Crippen molar-refractivity contribution in [2.45, 2.75) is 90.8 Å². The minimum Gasteiger partial charge on any atom is -0.462 e. The highest BCUT2D eigenvalue weighted by atomic mass is 16.5. The molecule has 4 nitrogen and oxygen atoms in total. The summed E-state index contributed by atoms with van der Waals surface area (Å²) in [7, 11) is 0. The molecule has 1 N–H and O–H groups in total. The molecule has 3 saturated carbocycles. The van der Waals surface area contributed by atoms with E-state index in [4.69, 9.17) is 4.74 Å². The first-order valence-corrected chi connectivity index (χ1v) is 10.7. The van der Waals surface area contributed by atoms with Crippen molar-refractivity contribution in [3.05, 3.63) is 11.6 Å². The second-order valence-electron chi connectivity index (χ2n) is 10.1. The molecule has 4 heteroatoms. The van der Waals surface area contributed by atoms with Gasteiger partial charge >= 0.3 is 5.97 Å². The van der Waals surface area contributed by atoms with Crippen LogP contribution in [0.15, 0.2) is 11.6 Å². The Bertz CT molecular complexity index is 696. The van der Waals surface area contributed by atoms with Gasteiger partial charge in [0.25, 0.3) is 0 Å². The normalized spacial score (nSPS) is 48.7. The molecule has 0 radical (unpaired) electrons. The highest BCUT2D eigenvalue weighted by Gasteiger charge is 2.65. The summed E-state index contributed by atoms with van der Waals surface area (Å²) in [5.41, 5.74) is 0.235. The third kappa shape index (κ3) is 2.58. The van der Waals surface area contributed by atoms with Gasteiger partial charge in [0, 0.05) is 18.8 Å². The zero-order chi connectivity index (χ0) is 19.6. The largest absolute Gasteiger partial charge is 0.462 e. The first-order valence-electron chi connectivity index (χ1n) is 10.7. The van der Waals surface area contributed by atoms with E-state index in [0.29, 0.717) is 24.2 Å². The number of esters is 1. The predicted octanol–water partition coefficient (Wildman–Crippen LogP) is 4.20. The lowest BCUT2D eigenvalue weighted by Gasteiger charge is -2.58. The van der Waals surface area contributed by atoms with Crippen LogP contribution in [0.2, 0.25) is 0 Å². The van der Waals surface area contributed by atoms with E-state index in [0.717, 1.165) is 44.9 Å². The molecule has 7 atom stereocenters. The fourth-order valence-corrected chi connectivity index (χ4v) is 7.56. The first kappa shape index (κ1) is 19.2. The van der Waals surface area contributed by atoms with E-state index in [9.17, 15) is 14.7 Å². The summed E-state index contributed by atoms with van der Waals surface area (Å²) in [6.07, 6.45) is 9.96. The van der Waals surface area contributed by atoms with Gasteiger partial charge in [0.15, 0.2) is 5.78 Å². The third-order valence-electron chi connectivity index (χ3n) is 9.13. The molecule has 0 bridgehead atoms. The average molecular weight is 375 g/mol. The molecule has 0 aromatic heterocycles. The molecule has 4 rings (SSSR count). The average Bonchev–Trinajstić information content (AvgIpc) is 2.87. The summed E-state index contributed by atoms with van der Waals surface area (Å²) in [5.74, 6) is 1.36. The van der Waals surface area contributed by atoms with Crippen LogP contribution in [0, 0.1) is 28.6 Å². The highest BCUT2D eigenvalue weighted by Crippen LogP contribution is 2.67. The number of Topliss-reactive ketones (excluding diaryl/α,β-unsaturated/α-hetero) is 1. The van der Waals surface area contributed by atoms with Crippen molar-refractivity contribution < 1.29 is 19.4 Å². The van der Waals surface area contributed by atoms with Gasteiger partial charge in [-0.25, -0.2) is 0 Å². The third-order valence-corrected chi connectivity index (χ3v) is 9.13. The Kier molecular flexibility index (Phi) is 4.38. The number of carbonyl (C=O) groups is 2. The van der Waals surface area contributed by atoms with Crippen molar-refractivity contribution in [2.24, 2.45) is 28.6 Å². The number of hydrogen-bond acceptors (Lipinski definition) is 4. The van der Waals surface area contributed by atoms with Gasteiger partial charge < -0.3 is 9.84 Å². The van der Waals surface area contributed by atoms with E-state index in [2.05, 4.69) is 19.9 Å². The molecule has 0 aliphatic heterocycles. The zero-order valence-corrected chi connectivity index (χ0v) is 17.2. The predicted molar refractivity (Wildman–Crippen MR) is 103 cm³/mol. The number of fused-ring (bicyclic) bond motifs is 5. The minimum absolute atomic E-state index is 0.0292. The van der Waals surface area contributed by atoms with E-state index >= 15 is 0 Å². The zero-order valence-electron chi connectivity index (χ0n) is 17.2. The lowest BCUT2D eigenvalue weighted by molar-refractivity contribution is -0.160. The number of ketones is 1. The molecule has 0 amide bonds. The van der Waals surface area contributed by atoms with Gasteiger partial charge in [-0.05, 0) is 75.0 Å². The lowest BCUT2D eigenvalue weighted by Crippen LogP contribution is -2.57. The monoisotopic (exact) mass is 374 g/mol. The number of allylic oxidation sites excluding steroid dienone is 1. The van der Waals surface area contributed by atoms with Gasteiger partial charge in [0.1, 0.15) is 11.7 Å². The fraction of sp³-hybridized carbons (Fsp3) is 0.826. The quantitative estimate of drug-likeness (QED) is 0.581. The Morgan fingerprint density at radius 2 is 1.78 bits per heavy atom. The molecule has 0 aromatic rings. The van der Waals surface area contributed by atoms with Gasteiger partial charge in [-0.2, -0.15) is 0 Å². The van der Waals surface area contributed by atoms with Gasteiger partial charge in [0.2, 0.25) is 0 Å². The summed E-state index contributed by atoms with van der Waals surface area (Å²) in [6.45, 7) is 7.64. The lowest BCUT2D eigenvalue weighted by atomic mass is 9.47. The van der Waals surface area contributed by atoms with E-state index in [-0.39, 0.29) is 28.7 Å². The number of ether oxygens (including phenoxy) is 1. The van der Waals surface area contributed by atoms with Crippen molar-refractivity contribution in [2.75, 3.05) is 0 Å². The van der Waals surface area contributed by atoms with Crippen LogP contribution in [0.5, 0.6) is 0 Å². The SMILES string of the molecule is CC(=O)O[C@H]1CC[C@@]2(C)C(=CC[C@@H]3[C@H]2CC[C@@]2(C)[C@@H]3CC[C@]2(O)C(C)=O)C1. The number of carbonyl (C=O) groups excluding carboxylic acids is 2. The second kappa shape index (κ2) is 6.17. The Morgan fingerprint density at radius 3 is 2.44 bits per heavy atom. The van der Waals surface area contributed by atoms with Crippen LogP contribution in [0.4, 0.5) is 0 Å². The molecule has 150 valence electrons. The molecule has 0 spiro atoms. The topological polar surface area (TPSA) is 63.6 Å². The van der Waals surface area contributed by atoms with Gasteiger partial charge in [0.05, 0.1) is 0 Å². The van der Waals surface area contributed by atoms with Crippen LogP contribution >= 0.6 is 0 Å². The van der Waals surface area contributed by atoms with Crippen LogP contribution < -0.4 is 0 Å². The number of rotatable bonds is 2. The van der Waals surface area contributed by atoms with Gasteiger partial charge in [-0.3, -0.25) is 9.59 Å². The van der Waals surface area contributed by atoms with Crippen LogP contribution in [0.3, 0.4) is 0 Å². The van der Waals surface area contributed by atoms with Crippen molar-refractivity contribution in [3.63, 3.8) is 0 Å². The van der Waals surface area contributed by atoms with Crippen molar-refractivity contribution in [1.82, 2.24) is 0 Å². The number of aliphatic hydroxyl groups is 1. The Labute approximate surface area is 162 Å². The molecule has 0 aromatic carbocycles. The smallest absolute Gasteiger partial charge is 0.302 e. The maximum Gasteiger partial charge on any atom is 0.302 e. The molecule has 27 heavy (non-hydrogen) atoms. The maximum absolute atomic E-state index is 12.3.